The van der Waals surface area contributed by atoms with Crippen LogP contribution < -0.4 is 5.32 Å². The highest BCUT2D eigenvalue weighted by Crippen LogP contribution is 2.21. The molecule has 0 spiro atoms. The number of aliphatic hydroxyl groups excluding tert-OH is 1. The van der Waals surface area contributed by atoms with E-state index in [9.17, 15) is 19.7 Å². The molecule has 1 rings (SSSR count). The molecule has 19 heavy (non-hydrogen) atoms. The van der Waals surface area contributed by atoms with Crippen LogP contribution in [0, 0.1) is 17.0 Å². The van der Waals surface area contributed by atoms with Crippen LogP contribution in [0.5, 0.6) is 0 Å². The van der Waals surface area contributed by atoms with Crippen LogP contribution in [0.25, 0.3) is 0 Å². The number of aliphatic carboxylic acids is 1. The zero-order chi connectivity index (χ0) is 14.6. The van der Waals surface area contributed by atoms with Gasteiger partial charge in [0.25, 0.3) is 11.6 Å². The molecule has 102 valence electrons. The molecular weight excluding hydrogens is 256 g/mol. The third-order valence-electron chi connectivity index (χ3n) is 2.46. The van der Waals surface area contributed by atoms with Gasteiger partial charge in [0.15, 0.2) is 6.04 Å². The number of hydrogen-bond donors (Lipinski definition) is 3. The summed E-state index contributed by atoms with van der Waals surface area (Å²) >= 11 is 0. The summed E-state index contributed by atoms with van der Waals surface area (Å²) in [4.78, 5) is 32.7. The van der Waals surface area contributed by atoms with Crippen LogP contribution in [0.1, 0.15) is 15.9 Å². The van der Waals surface area contributed by atoms with Crippen molar-refractivity contribution < 1.29 is 24.7 Å². The Hall–Kier alpha value is -2.48. The first-order valence-corrected chi connectivity index (χ1v) is 5.27. The summed E-state index contributed by atoms with van der Waals surface area (Å²) in [5.41, 5.74) is -0.291. The van der Waals surface area contributed by atoms with Gasteiger partial charge in [0.2, 0.25) is 0 Å². The van der Waals surface area contributed by atoms with E-state index in [2.05, 4.69) is 0 Å². The number of nitro groups is 1. The van der Waals surface area contributed by atoms with E-state index in [4.69, 9.17) is 10.2 Å². The molecule has 0 aliphatic rings. The molecule has 0 radical (unpaired) electrons. The average Bonchev–Trinajstić information content (AvgIpc) is 2.34. The normalized spacial score (nSPS) is 11.7. The smallest absolute Gasteiger partial charge is 0.328 e. The second kappa shape index (κ2) is 5.91. The fourth-order valence-corrected chi connectivity index (χ4v) is 1.52. The number of carboxylic acids is 1. The summed E-state index contributed by atoms with van der Waals surface area (Å²) in [6.07, 6.45) is 0. The third-order valence-corrected chi connectivity index (χ3v) is 2.46. The van der Waals surface area contributed by atoms with Crippen molar-refractivity contribution in [2.24, 2.45) is 0 Å². The lowest BCUT2D eigenvalue weighted by molar-refractivity contribution is -0.385. The van der Waals surface area contributed by atoms with Crippen LogP contribution in [0.4, 0.5) is 5.69 Å². The molecule has 3 N–H and O–H groups in total. The molecule has 0 saturated carbocycles. The fourth-order valence-electron chi connectivity index (χ4n) is 1.52. The number of benzene rings is 1. The number of carbonyl (C=O) groups is 2. The molecule has 0 aromatic heterocycles. The molecule has 8 nitrogen and oxygen atoms in total. The molecule has 0 unspecified atom stereocenters. The van der Waals surface area contributed by atoms with Gasteiger partial charge in [-0.05, 0) is 12.5 Å². The summed E-state index contributed by atoms with van der Waals surface area (Å²) in [6, 6.07) is 2.56. The molecule has 1 aromatic rings. The fraction of sp³-hybridized carbons (Fsp3) is 0.273. The lowest BCUT2D eigenvalue weighted by Gasteiger charge is -2.12. The molecule has 1 aromatic carbocycles. The van der Waals surface area contributed by atoms with E-state index in [1.54, 1.807) is 0 Å². The van der Waals surface area contributed by atoms with Crippen molar-refractivity contribution in [2.75, 3.05) is 6.61 Å². The molecule has 0 aliphatic heterocycles. The lowest BCUT2D eigenvalue weighted by atomic mass is 10.1. The van der Waals surface area contributed by atoms with Gasteiger partial charge >= 0.3 is 5.97 Å². The van der Waals surface area contributed by atoms with E-state index in [0.29, 0.717) is 5.56 Å². The van der Waals surface area contributed by atoms with Crippen molar-refractivity contribution in [3.05, 3.63) is 39.4 Å². The lowest BCUT2D eigenvalue weighted by Crippen LogP contribution is -2.43. The molecule has 0 saturated heterocycles. The van der Waals surface area contributed by atoms with Crippen LogP contribution in [0.15, 0.2) is 18.2 Å². The average molecular weight is 268 g/mol. The number of rotatable bonds is 5. The predicted molar refractivity (Wildman–Crippen MR) is 63.8 cm³/mol. The molecule has 0 heterocycles. The molecular formula is C11H12N2O6. The molecule has 0 aliphatic carbocycles. The highest BCUT2D eigenvalue weighted by atomic mass is 16.6. The summed E-state index contributed by atoms with van der Waals surface area (Å²) in [6.45, 7) is 0.692. The molecule has 1 amide bonds. The van der Waals surface area contributed by atoms with Crippen molar-refractivity contribution >= 4 is 17.6 Å². The Morgan fingerprint density at radius 2 is 2.11 bits per heavy atom. The van der Waals surface area contributed by atoms with Gasteiger partial charge in [0.05, 0.1) is 11.5 Å². The molecule has 0 fully saturated rings. The van der Waals surface area contributed by atoms with Crippen LogP contribution in [0.3, 0.4) is 0 Å². The summed E-state index contributed by atoms with van der Waals surface area (Å²) in [5.74, 6) is -2.33. The number of nitro benzene ring substituents is 1. The van der Waals surface area contributed by atoms with E-state index in [-0.39, 0.29) is 5.56 Å². The topological polar surface area (TPSA) is 130 Å². The Morgan fingerprint density at radius 3 is 2.58 bits per heavy atom. The number of hydrogen-bond acceptors (Lipinski definition) is 5. The Bertz CT molecular complexity index is 528. The van der Waals surface area contributed by atoms with Crippen LogP contribution in [0.2, 0.25) is 0 Å². The zero-order valence-electron chi connectivity index (χ0n) is 9.99. The Labute approximate surface area is 107 Å². The SMILES string of the molecule is Cc1cccc([N+](=O)[O-])c1C(=O)N[C@H](CO)C(=O)O. The first-order valence-electron chi connectivity index (χ1n) is 5.27. The second-order valence-corrected chi connectivity index (χ2v) is 3.77. The first-order chi connectivity index (χ1) is 8.88. The van der Waals surface area contributed by atoms with Gasteiger partial charge in [0.1, 0.15) is 5.56 Å². The van der Waals surface area contributed by atoms with E-state index in [1.807, 2.05) is 5.32 Å². The van der Waals surface area contributed by atoms with Gasteiger partial charge in [-0.2, -0.15) is 0 Å². The quantitative estimate of drug-likeness (QED) is 0.512. The van der Waals surface area contributed by atoms with Crippen molar-refractivity contribution in [2.45, 2.75) is 13.0 Å². The van der Waals surface area contributed by atoms with Crippen molar-refractivity contribution in [3.8, 4) is 0 Å². The van der Waals surface area contributed by atoms with Crippen molar-refractivity contribution in [1.82, 2.24) is 5.32 Å². The van der Waals surface area contributed by atoms with Gasteiger partial charge in [-0.25, -0.2) is 4.79 Å². The summed E-state index contributed by atoms with van der Waals surface area (Å²) in [7, 11) is 0. The molecule has 0 bridgehead atoms. The van der Waals surface area contributed by atoms with Gasteiger partial charge in [-0.1, -0.05) is 12.1 Å². The summed E-state index contributed by atoms with van der Waals surface area (Å²) < 4.78 is 0. The van der Waals surface area contributed by atoms with Gasteiger partial charge in [-0.15, -0.1) is 0 Å². The maximum absolute atomic E-state index is 11.9. The second-order valence-electron chi connectivity index (χ2n) is 3.77. The Kier molecular flexibility index (Phi) is 4.54. The minimum absolute atomic E-state index is 0.216. The minimum Gasteiger partial charge on any atom is -0.480 e. The number of aliphatic hydroxyl groups is 1. The summed E-state index contributed by atoms with van der Waals surface area (Å²) in [5, 5.41) is 30.4. The van der Waals surface area contributed by atoms with Gasteiger partial charge in [0, 0.05) is 6.07 Å². The predicted octanol–water partition coefficient (Wildman–Crippen LogP) is 0.0785. The van der Waals surface area contributed by atoms with Crippen molar-refractivity contribution in [1.29, 1.82) is 0 Å². The first kappa shape index (κ1) is 14.6. The van der Waals surface area contributed by atoms with Gasteiger partial charge in [-0.3, -0.25) is 14.9 Å². The Morgan fingerprint density at radius 1 is 1.47 bits per heavy atom. The highest BCUT2D eigenvalue weighted by molar-refractivity contribution is 6.01. The monoisotopic (exact) mass is 268 g/mol. The number of carboxylic acid groups (broad SMARTS) is 1. The maximum Gasteiger partial charge on any atom is 0.328 e. The van der Waals surface area contributed by atoms with Gasteiger partial charge < -0.3 is 15.5 Å². The Balaban J connectivity index is 3.12. The highest BCUT2D eigenvalue weighted by Gasteiger charge is 2.26. The maximum atomic E-state index is 11.9. The third kappa shape index (κ3) is 3.26. The molecule has 8 heteroatoms. The van der Waals surface area contributed by atoms with E-state index < -0.39 is 35.1 Å². The van der Waals surface area contributed by atoms with Crippen LogP contribution in [-0.2, 0) is 4.79 Å². The number of nitrogens with zero attached hydrogens (tertiary/aromatic N) is 1. The standard InChI is InChI=1S/C11H12N2O6/c1-6-3-2-4-8(13(18)19)9(6)10(15)12-7(5-14)11(16)17/h2-4,7,14H,5H2,1H3,(H,12,15)(H,16,17)/t7-/m1/s1. The number of amides is 1. The number of aryl methyl sites for hydroxylation is 1. The zero-order valence-corrected chi connectivity index (χ0v) is 9.99. The van der Waals surface area contributed by atoms with Crippen molar-refractivity contribution in [3.63, 3.8) is 0 Å². The van der Waals surface area contributed by atoms with E-state index >= 15 is 0 Å². The number of carbonyl (C=O) groups excluding carboxylic acids is 1. The van der Waals surface area contributed by atoms with E-state index in [0.717, 1.165) is 6.07 Å². The van der Waals surface area contributed by atoms with Crippen LogP contribution >= 0.6 is 0 Å². The van der Waals surface area contributed by atoms with Crippen LogP contribution in [-0.4, -0.2) is 39.7 Å². The minimum atomic E-state index is -1.51. The van der Waals surface area contributed by atoms with E-state index in [1.165, 1.54) is 19.1 Å². The largest absolute Gasteiger partial charge is 0.480 e. The number of nitrogens with one attached hydrogen (secondary N) is 1. The molecule has 1 atom stereocenters.